The van der Waals surface area contributed by atoms with E-state index >= 15 is 0 Å². The molecule has 3 heterocycles. The van der Waals surface area contributed by atoms with Crippen molar-refractivity contribution in [2.75, 3.05) is 31.1 Å². The summed E-state index contributed by atoms with van der Waals surface area (Å²) in [6.45, 7) is 10.4. The van der Waals surface area contributed by atoms with E-state index in [-0.39, 0.29) is 16.9 Å². The molecule has 2 aromatic heterocycles. The summed E-state index contributed by atoms with van der Waals surface area (Å²) in [5, 5.41) is 0.791. The van der Waals surface area contributed by atoms with Crippen LogP contribution in [0.15, 0.2) is 41.5 Å². The zero-order valence-corrected chi connectivity index (χ0v) is 21.2. The molecule has 0 N–H and O–H groups in total. The van der Waals surface area contributed by atoms with E-state index in [1.165, 1.54) is 16.1 Å². The lowest BCUT2D eigenvalue weighted by molar-refractivity contribution is -0.131. The van der Waals surface area contributed by atoms with Gasteiger partial charge in [0.15, 0.2) is 0 Å². The number of hydrogen-bond donors (Lipinski definition) is 0. The van der Waals surface area contributed by atoms with Crippen molar-refractivity contribution in [3.05, 3.63) is 57.5 Å². The third-order valence-corrected chi connectivity index (χ3v) is 8.74. The van der Waals surface area contributed by atoms with E-state index in [9.17, 15) is 9.59 Å². The number of fused-ring (bicyclic) bond motifs is 3. The molecule has 0 radical (unpaired) electrons. The first-order valence-electron chi connectivity index (χ1n) is 12.4. The molecule has 0 bridgehead atoms. The van der Waals surface area contributed by atoms with Gasteiger partial charge in [0.2, 0.25) is 5.91 Å². The molecule has 7 heteroatoms. The molecule has 1 aliphatic heterocycles. The van der Waals surface area contributed by atoms with Gasteiger partial charge in [-0.1, -0.05) is 39.0 Å². The van der Waals surface area contributed by atoms with Gasteiger partial charge in [-0.2, -0.15) is 0 Å². The van der Waals surface area contributed by atoms with E-state index in [2.05, 4.69) is 42.8 Å². The van der Waals surface area contributed by atoms with Gasteiger partial charge in [-0.25, -0.2) is 4.98 Å². The topological polar surface area (TPSA) is 58.4 Å². The molecule has 1 amide bonds. The highest BCUT2D eigenvalue weighted by Crippen LogP contribution is 2.41. The number of carbonyl (C=O) groups excluding carboxylic acids is 1. The van der Waals surface area contributed by atoms with Crippen LogP contribution < -0.4 is 10.5 Å². The van der Waals surface area contributed by atoms with Gasteiger partial charge in [0.25, 0.3) is 5.56 Å². The number of aryl methyl sites for hydroxylation is 2. The molecule has 180 valence electrons. The average Bonchev–Trinajstić information content (AvgIpc) is 3.22. The van der Waals surface area contributed by atoms with Crippen LogP contribution in [-0.2, 0) is 24.2 Å². The standard InChI is InChI=1S/C27H34N4O2S/c1-27(2,3)19-9-10-21-22(17-19)34-25-24(21)26(33)31(18-28-25)12-11-23(32)30-15-13-29(14-16-30)20-7-5-4-6-8-20/h4-8,18-19H,9-17H2,1-3H3. The van der Waals surface area contributed by atoms with Gasteiger partial charge >= 0.3 is 0 Å². The van der Waals surface area contributed by atoms with E-state index in [1.807, 2.05) is 23.1 Å². The van der Waals surface area contributed by atoms with Crippen molar-refractivity contribution in [3.63, 3.8) is 0 Å². The number of carbonyl (C=O) groups is 1. The quantitative estimate of drug-likeness (QED) is 0.560. The Balaban J connectivity index is 1.24. The van der Waals surface area contributed by atoms with Crippen molar-refractivity contribution in [2.45, 2.75) is 53.0 Å². The predicted molar refractivity (Wildman–Crippen MR) is 139 cm³/mol. The first-order chi connectivity index (χ1) is 16.3. The van der Waals surface area contributed by atoms with Crippen molar-refractivity contribution in [1.82, 2.24) is 14.5 Å². The average molecular weight is 479 g/mol. The van der Waals surface area contributed by atoms with Crippen molar-refractivity contribution >= 4 is 33.1 Å². The minimum atomic E-state index is 0.0124. The van der Waals surface area contributed by atoms with Crippen LogP contribution in [0, 0.1) is 11.3 Å². The Bertz CT molecular complexity index is 1230. The van der Waals surface area contributed by atoms with Crippen LogP contribution in [0.1, 0.15) is 44.1 Å². The van der Waals surface area contributed by atoms with Gasteiger partial charge in [0.1, 0.15) is 4.83 Å². The van der Waals surface area contributed by atoms with Gasteiger partial charge in [0.05, 0.1) is 11.7 Å². The summed E-state index contributed by atoms with van der Waals surface area (Å²) >= 11 is 1.68. The largest absolute Gasteiger partial charge is 0.368 e. The lowest BCUT2D eigenvalue weighted by Crippen LogP contribution is -2.49. The molecular formula is C27H34N4O2S. The summed E-state index contributed by atoms with van der Waals surface area (Å²) < 4.78 is 1.64. The number of aromatic nitrogens is 2. The molecule has 1 saturated heterocycles. The number of anilines is 1. The summed E-state index contributed by atoms with van der Waals surface area (Å²) in [4.78, 5) is 37.2. The lowest BCUT2D eigenvalue weighted by Gasteiger charge is -2.36. The molecule has 1 aromatic carbocycles. The maximum atomic E-state index is 13.3. The predicted octanol–water partition coefficient (Wildman–Crippen LogP) is 4.35. The van der Waals surface area contributed by atoms with E-state index in [0.717, 1.165) is 42.6 Å². The van der Waals surface area contributed by atoms with Gasteiger partial charge in [-0.05, 0) is 48.3 Å². The van der Waals surface area contributed by atoms with Gasteiger partial charge in [0, 0.05) is 49.7 Å². The Morgan fingerprint density at radius 3 is 2.56 bits per heavy atom. The second-order valence-electron chi connectivity index (χ2n) is 10.7. The highest BCUT2D eigenvalue weighted by atomic mass is 32.1. The normalized spacial score (nSPS) is 18.9. The molecule has 1 atom stereocenters. The van der Waals surface area contributed by atoms with Crippen LogP contribution >= 0.6 is 11.3 Å². The van der Waals surface area contributed by atoms with Crippen molar-refractivity contribution in [3.8, 4) is 0 Å². The van der Waals surface area contributed by atoms with E-state index in [0.29, 0.717) is 32.0 Å². The Kier molecular flexibility index (Phi) is 6.23. The Morgan fingerprint density at radius 2 is 1.85 bits per heavy atom. The maximum Gasteiger partial charge on any atom is 0.262 e. The molecule has 2 aliphatic rings. The fraction of sp³-hybridized carbons (Fsp3) is 0.519. The van der Waals surface area contributed by atoms with Crippen LogP contribution in [0.5, 0.6) is 0 Å². The number of hydrogen-bond acceptors (Lipinski definition) is 5. The molecule has 34 heavy (non-hydrogen) atoms. The number of para-hydroxylation sites is 1. The van der Waals surface area contributed by atoms with E-state index in [4.69, 9.17) is 0 Å². The van der Waals surface area contributed by atoms with Crippen LogP contribution in [0.2, 0.25) is 0 Å². The molecule has 6 nitrogen and oxygen atoms in total. The zero-order chi connectivity index (χ0) is 23.9. The molecule has 5 rings (SSSR count). The molecule has 3 aromatic rings. The van der Waals surface area contributed by atoms with Crippen LogP contribution in [0.4, 0.5) is 5.69 Å². The molecular weight excluding hydrogens is 444 g/mol. The van der Waals surface area contributed by atoms with Gasteiger partial charge in [-0.3, -0.25) is 14.2 Å². The van der Waals surface area contributed by atoms with Crippen molar-refractivity contribution in [1.29, 1.82) is 0 Å². The second kappa shape index (κ2) is 9.17. The van der Waals surface area contributed by atoms with Crippen molar-refractivity contribution < 1.29 is 4.79 Å². The SMILES string of the molecule is CC(C)(C)C1CCc2c(sc3ncn(CCC(=O)N4CCN(c5ccccc5)CC4)c(=O)c23)C1. The molecule has 1 fully saturated rings. The zero-order valence-electron chi connectivity index (χ0n) is 20.4. The maximum absolute atomic E-state index is 13.3. The monoisotopic (exact) mass is 478 g/mol. The third-order valence-electron chi connectivity index (χ3n) is 7.58. The second-order valence-corrected chi connectivity index (χ2v) is 11.8. The van der Waals surface area contributed by atoms with Crippen LogP contribution in [0.3, 0.4) is 0 Å². The summed E-state index contributed by atoms with van der Waals surface area (Å²) in [7, 11) is 0. The number of amides is 1. The number of nitrogens with zero attached hydrogens (tertiary/aromatic N) is 4. The lowest BCUT2D eigenvalue weighted by atomic mass is 9.72. The van der Waals surface area contributed by atoms with Gasteiger partial charge < -0.3 is 9.80 Å². The summed E-state index contributed by atoms with van der Waals surface area (Å²) in [5.74, 6) is 0.746. The summed E-state index contributed by atoms with van der Waals surface area (Å²) in [5.41, 5.74) is 2.69. The molecule has 1 unspecified atom stereocenters. The summed E-state index contributed by atoms with van der Waals surface area (Å²) in [6.07, 6.45) is 5.06. The highest BCUT2D eigenvalue weighted by Gasteiger charge is 2.31. The third kappa shape index (κ3) is 4.50. The van der Waals surface area contributed by atoms with E-state index in [1.54, 1.807) is 22.2 Å². The van der Waals surface area contributed by atoms with Gasteiger partial charge in [-0.15, -0.1) is 11.3 Å². The van der Waals surface area contributed by atoms with E-state index < -0.39 is 0 Å². The molecule has 0 spiro atoms. The smallest absolute Gasteiger partial charge is 0.262 e. The van der Waals surface area contributed by atoms with Crippen LogP contribution in [-0.4, -0.2) is 46.5 Å². The number of piperazine rings is 1. The highest BCUT2D eigenvalue weighted by molar-refractivity contribution is 7.18. The molecule has 1 aliphatic carbocycles. The summed E-state index contributed by atoms with van der Waals surface area (Å²) in [6, 6.07) is 10.3. The molecule has 0 saturated carbocycles. The number of rotatable bonds is 4. The fourth-order valence-corrected chi connectivity index (χ4v) is 6.58. The van der Waals surface area contributed by atoms with Crippen molar-refractivity contribution in [2.24, 2.45) is 11.3 Å². The first kappa shape index (κ1) is 23.1. The minimum Gasteiger partial charge on any atom is -0.368 e. The Hall–Kier alpha value is -2.67. The minimum absolute atomic E-state index is 0.0124. The fourth-order valence-electron chi connectivity index (χ4n) is 5.33. The Morgan fingerprint density at radius 1 is 1.12 bits per heavy atom. The van der Waals surface area contributed by atoms with Crippen LogP contribution in [0.25, 0.3) is 10.2 Å². The Labute approximate surface area is 205 Å². The number of thiophene rings is 1. The number of benzene rings is 1. The first-order valence-corrected chi connectivity index (χ1v) is 13.2.